The summed E-state index contributed by atoms with van der Waals surface area (Å²) >= 11 is 1.51. The molecule has 1 aliphatic heterocycles. The molecule has 0 bridgehead atoms. The molecule has 1 aliphatic rings. The van der Waals surface area contributed by atoms with Gasteiger partial charge in [0.15, 0.2) is 0 Å². The summed E-state index contributed by atoms with van der Waals surface area (Å²) in [5, 5.41) is 2.02. The van der Waals surface area contributed by atoms with Crippen LogP contribution in [0.4, 0.5) is 0 Å². The van der Waals surface area contributed by atoms with Gasteiger partial charge in [0.05, 0.1) is 4.88 Å². The van der Waals surface area contributed by atoms with Crippen LogP contribution in [-0.2, 0) is 13.2 Å². The second kappa shape index (κ2) is 9.04. The molecule has 0 N–H and O–H groups in total. The topological polar surface area (TPSA) is 32.8 Å². The van der Waals surface area contributed by atoms with Crippen molar-refractivity contribution in [3.8, 4) is 5.75 Å². The summed E-state index contributed by atoms with van der Waals surface area (Å²) in [5.74, 6) is 0.978. The van der Waals surface area contributed by atoms with Gasteiger partial charge in [-0.15, -0.1) is 11.3 Å². The van der Waals surface area contributed by atoms with E-state index in [9.17, 15) is 4.79 Å². The summed E-state index contributed by atoms with van der Waals surface area (Å²) in [6.07, 6.45) is 0. The lowest BCUT2D eigenvalue weighted by atomic mass is 10.2. The molecule has 3 aromatic rings. The summed E-state index contributed by atoms with van der Waals surface area (Å²) in [7, 11) is 0. The van der Waals surface area contributed by atoms with Crippen molar-refractivity contribution in [1.29, 1.82) is 0 Å². The van der Waals surface area contributed by atoms with Crippen LogP contribution in [0.5, 0.6) is 5.75 Å². The molecule has 0 aliphatic carbocycles. The Morgan fingerprint density at radius 3 is 2.29 bits per heavy atom. The molecule has 1 saturated heterocycles. The summed E-state index contributed by atoms with van der Waals surface area (Å²) in [6.45, 7) is 4.81. The first-order valence-corrected chi connectivity index (χ1v) is 10.5. The minimum absolute atomic E-state index is 0.135. The molecule has 0 spiro atoms. The Morgan fingerprint density at radius 1 is 0.893 bits per heavy atom. The number of ether oxygens (including phenoxy) is 1. The number of amides is 1. The van der Waals surface area contributed by atoms with Gasteiger partial charge in [-0.2, -0.15) is 0 Å². The van der Waals surface area contributed by atoms with Crippen LogP contribution in [0.1, 0.15) is 20.8 Å². The van der Waals surface area contributed by atoms with Gasteiger partial charge in [0.2, 0.25) is 0 Å². The molecule has 1 aromatic heterocycles. The summed E-state index contributed by atoms with van der Waals surface area (Å²) in [6, 6.07) is 22.2. The lowest BCUT2D eigenvalue weighted by Crippen LogP contribution is -2.48. The highest BCUT2D eigenvalue weighted by Crippen LogP contribution is 2.20. The van der Waals surface area contributed by atoms with Crippen LogP contribution in [0.25, 0.3) is 0 Å². The van der Waals surface area contributed by atoms with Gasteiger partial charge in [-0.1, -0.05) is 48.5 Å². The van der Waals surface area contributed by atoms with E-state index < -0.39 is 0 Å². The van der Waals surface area contributed by atoms with Gasteiger partial charge in [0.25, 0.3) is 5.91 Å². The number of piperazine rings is 1. The highest BCUT2D eigenvalue weighted by molar-refractivity contribution is 7.12. The van der Waals surface area contributed by atoms with E-state index in [0.717, 1.165) is 48.9 Å². The predicted molar refractivity (Wildman–Crippen MR) is 113 cm³/mol. The molecule has 144 valence electrons. The average Bonchev–Trinajstić information content (AvgIpc) is 3.23. The average molecular weight is 393 g/mol. The summed E-state index contributed by atoms with van der Waals surface area (Å²) in [5.41, 5.74) is 2.36. The van der Waals surface area contributed by atoms with Gasteiger partial charge in [-0.25, -0.2) is 0 Å². The minimum Gasteiger partial charge on any atom is -0.489 e. The van der Waals surface area contributed by atoms with Crippen LogP contribution in [0.15, 0.2) is 72.1 Å². The molecule has 0 atom stereocenters. The molecule has 2 aromatic carbocycles. The molecule has 28 heavy (non-hydrogen) atoms. The van der Waals surface area contributed by atoms with E-state index in [4.69, 9.17) is 4.74 Å². The highest BCUT2D eigenvalue weighted by atomic mass is 32.1. The molecule has 0 unspecified atom stereocenters. The van der Waals surface area contributed by atoms with Crippen molar-refractivity contribution in [3.63, 3.8) is 0 Å². The molecule has 5 heteroatoms. The molecule has 2 heterocycles. The molecule has 1 fully saturated rings. The van der Waals surface area contributed by atoms with Gasteiger partial charge in [-0.05, 0) is 29.1 Å². The number of benzene rings is 2. The Balaban J connectivity index is 1.28. The van der Waals surface area contributed by atoms with Gasteiger partial charge < -0.3 is 9.64 Å². The largest absolute Gasteiger partial charge is 0.489 e. The molecule has 4 rings (SSSR count). The Morgan fingerprint density at radius 2 is 1.57 bits per heavy atom. The third-order valence-corrected chi connectivity index (χ3v) is 5.89. The maximum Gasteiger partial charge on any atom is 0.264 e. The van der Waals surface area contributed by atoms with Crippen LogP contribution >= 0.6 is 11.3 Å². The van der Waals surface area contributed by atoms with E-state index in [2.05, 4.69) is 29.2 Å². The van der Waals surface area contributed by atoms with E-state index in [1.54, 1.807) is 0 Å². The molecule has 4 nitrogen and oxygen atoms in total. The van der Waals surface area contributed by atoms with Crippen LogP contribution in [0, 0.1) is 0 Å². The van der Waals surface area contributed by atoms with Crippen molar-refractivity contribution in [2.45, 2.75) is 13.2 Å². The zero-order chi connectivity index (χ0) is 19.2. The molecule has 1 amide bonds. The van der Waals surface area contributed by atoms with Gasteiger partial charge in [0.1, 0.15) is 12.4 Å². The molecular formula is C23H24N2O2S. The predicted octanol–water partition coefficient (Wildman–Crippen LogP) is 4.29. The monoisotopic (exact) mass is 392 g/mol. The third kappa shape index (κ3) is 4.80. The third-order valence-electron chi connectivity index (χ3n) is 4.92. The highest BCUT2D eigenvalue weighted by Gasteiger charge is 2.23. The van der Waals surface area contributed by atoms with Crippen LogP contribution < -0.4 is 4.74 Å². The van der Waals surface area contributed by atoms with Gasteiger partial charge >= 0.3 is 0 Å². The van der Waals surface area contributed by atoms with Crippen LogP contribution in [0.3, 0.4) is 0 Å². The first kappa shape index (κ1) is 18.7. The van der Waals surface area contributed by atoms with Crippen molar-refractivity contribution in [2.75, 3.05) is 26.2 Å². The van der Waals surface area contributed by atoms with Gasteiger partial charge in [0, 0.05) is 38.3 Å². The Hall–Kier alpha value is -2.63. The number of rotatable bonds is 6. The first-order valence-electron chi connectivity index (χ1n) is 9.59. The van der Waals surface area contributed by atoms with Crippen molar-refractivity contribution in [2.24, 2.45) is 0 Å². The Kier molecular flexibility index (Phi) is 6.04. The van der Waals surface area contributed by atoms with Gasteiger partial charge in [-0.3, -0.25) is 9.69 Å². The van der Waals surface area contributed by atoms with Crippen molar-refractivity contribution in [3.05, 3.63) is 88.1 Å². The SMILES string of the molecule is O=C(c1cc(COc2ccccc2)cs1)N1CCN(Cc2ccccc2)CC1. The zero-order valence-electron chi connectivity index (χ0n) is 15.8. The van der Waals surface area contributed by atoms with E-state index in [-0.39, 0.29) is 5.91 Å². The smallest absolute Gasteiger partial charge is 0.264 e. The quantitative estimate of drug-likeness (QED) is 0.628. The number of carbonyl (C=O) groups is 1. The fraction of sp³-hybridized carbons (Fsp3) is 0.261. The Labute approximate surface area is 170 Å². The van der Waals surface area contributed by atoms with E-state index in [0.29, 0.717) is 6.61 Å². The van der Waals surface area contributed by atoms with E-state index in [1.165, 1.54) is 16.9 Å². The van der Waals surface area contributed by atoms with Crippen LogP contribution in [0.2, 0.25) is 0 Å². The van der Waals surface area contributed by atoms with Crippen molar-refractivity contribution < 1.29 is 9.53 Å². The molecule has 0 saturated carbocycles. The number of hydrogen-bond acceptors (Lipinski definition) is 4. The standard InChI is InChI=1S/C23H24N2O2S/c26-23(22-15-20(18-28-22)17-27-21-9-5-2-6-10-21)25-13-11-24(12-14-25)16-19-7-3-1-4-8-19/h1-10,15,18H,11-14,16-17H2. The van der Waals surface area contributed by atoms with Crippen molar-refractivity contribution in [1.82, 2.24) is 9.80 Å². The van der Waals surface area contributed by atoms with E-state index in [1.807, 2.05) is 52.7 Å². The second-order valence-electron chi connectivity index (χ2n) is 6.97. The number of nitrogens with zero attached hydrogens (tertiary/aromatic N) is 2. The normalized spacial score (nSPS) is 14.8. The molecule has 0 radical (unpaired) electrons. The second-order valence-corrected chi connectivity index (χ2v) is 7.89. The van der Waals surface area contributed by atoms with E-state index >= 15 is 0 Å². The maximum absolute atomic E-state index is 12.8. The van der Waals surface area contributed by atoms with Crippen LogP contribution in [-0.4, -0.2) is 41.9 Å². The lowest BCUT2D eigenvalue weighted by Gasteiger charge is -2.34. The fourth-order valence-electron chi connectivity index (χ4n) is 3.35. The number of hydrogen-bond donors (Lipinski definition) is 0. The van der Waals surface area contributed by atoms with Crippen molar-refractivity contribution >= 4 is 17.2 Å². The summed E-state index contributed by atoms with van der Waals surface area (Å²) in [4.78, 5) is 18.0. The number of carbonyl (C=O) groups excluding carboxylic acids is 1. The zero-order valence-corrected chi connectivity index (χ0v) is 16.6. The Bertz CT molecular complexity index is 887. The number of thiophene rings is 1. The first-order chi connectivity index (χ1) is 13.8. The summed E-state index contributed by atoms with van der Waals surface area (Å²) < 4.78 is 5.78. The number of para-hydroxylation sites is 1. The maximum atomic E-state index is 12.8. The fourth-order valence-corrected chi connectivity index (χ4v) is 4.22. The molecular weight excluding hydrogens is 368 g/mol. The lowest BCUT2D eigenvalue weighted by molar-refractivity contribution is 0.0633. The minimum atomic E-state index is 0.135.